The maximum atomic E-state index is 15.0. The molecule has 11 nitrogen and oxygen atoms in total. The van der Waals surface area contributed by atoms with Gasteiger partial charge >= 0.3 is 6.03 Å². The van der Waals surface area contributed by atoms with Gasteiger partial charge in [0.25, 0.3) is 15.9 Å². The van der Waals surface area contributed by atoms with Crippen molar-refractivity contribution < 1.29 is 22.7 Å². The Bertz CT molecular complexity index is 1950. The highest BCUT2D eigenvalue weighted by Crippen LogP contribution is 2.50. The summed E-state index contributed by atoms with van der Waals surface area (Å²) < 4.78 is 35.4. The summed E-state index contributed by atoms with van der Waals surface area (Å²) in [5, 5.41) is 12.9. The molecule has 0 radical (unpaired) electrons. The van der Waals surface area contributed by atoms with Crippen LogP contribution in [0, 0.1) is 23.7 Å². The number of aryl methyl sites for hydroxylation is 1. The van der Waals surface area contributed by atoms with Crippen LogP contribution in [-0.4, -0.2) is 93.0 Å². The van der Waals surface area contributed by atoms with Crippen LogP contribution >= 0.6 is 0 Å². The normalized spacial score (nSPS) is 22.2. The van der Waals surface area contributed by atoms with Gasteiger partial charge in [0.1, 0.15) is 5.75 Å². The number of fused-ring (bicyclic) bond motifs is 1. The lowest BCUT2D eigenvalue weighted by atomic mass is 9.71. The quantitative estimate of drug-likeness (QED) is 0.367. The SMILES string of the molecule is CCOc1ccccc1[C@@]1(NC(=O)N2CC3(C2)CN(C2CCN(C(C)C)CC2)C3)C(=O)N(S(=O)(=O)c2ccc(C)cc2)c2ccc(C#N)cc21. The maximum absolute atomic E-state index is 15.0. The van der Waals surface area contributed by atoms with E-state index in [0.29, 0.717) is 30.9 Å². The second-order valence-corrected chi connectivity index (χ2v) is 16.2. The van der Waals surface area contributed by atoms with Crippen LogP contribution in [0.5, 0.6) is 5.75 Å². The molecule has 0 saturated carbocycles. The van der Waals surface area contributed by atoms with Crippen molar-refractivity contribution >= 4 is 27.6 Å². The van der Waals surface area contributed by atoms with Crippen molar-refractivity contribution in [2.75, 3.05) is 50.2 Å². The molecule has 7 rings (SSSR count). The molecule has 3 fully saturated rings. The van der Waals surface area contributed by atoms with E-state index in [9.17, 15) is 18.5 Å². The molecule has 1 atom stereocenters. The summed E-state index contributed by atoms with van der Waals surface area (Å²) >= 11 is 0. The fourth-order valence-electron chi connectivity index (χ4n) is 8.21. The van der Waals surface area contributed by atoms with Gasteiger partial charge in [0.2, 0.25) is 0 Å². The summed E-state index contributed by atoms with van der Waals surface area (Å²) in [6.45, 7) is 13.5. The van der Waals surface area contributed by atoms with Gasteiger partial charge in [-0.05, 0) is 90.0 Å². The standard InChI is InChI=1S/C38H44N6O5S/c1-5-49-34-9-7-6-8-31(34)38(40-36(46)43-24-37(25-43)22-42(23-37)29-16-18-41(19-17-29)26(2)3)32-20-28(21-39)12-15-33(32)44(35(38)45)50(47,48)30-13-10-27(4)11-14-30/h6-15,20,26,29H,5,16-19,22-25H2,1-4H3,(H,40,46)/t38-/m0/s1. The van der Waals surface area contributed by atoms with Gasteiger partial charge in [-0.15, -0.1) is 0 Å². The third-order valence-corrected chi connectivity index (χ3v) is 12.6. The first-order chi connectivity index (χ1) is 23.9. The number of nitrogens with zero attached hydrogens (tertiary/aromatic N) is 5. The largest absolute Gasteiger partial charge is 0.493 e. The number of hydrogen-bond donors (Lipinski definition) is 1. The summed E-state index contributed by atoms with van der Waals surface area (Å²) in [6, 6.07) is 20.3. The molecule has 0 aliphatic carbocycles. The molecule has 3 amide bonds. The fraction of sp³-hybridized carbons (Fsp3) is 0.447. The molecule has 3 aromatic carbocycles. The van der Waals surface area contributed by atoms with Crippen molar-refractivity contribution in [1.82, 2.24) is 20.0 Å². The molecule has 4 aliphatic heterocycles. The van der Waals surface area contributed by atoms with Crippen LogP contribution in [0.3, 0.4) is 0 Å². The highest BCUT2D eigenvalue weighted by molar-refractivity contribution is 7.93. The highest BCUT2D eigenvalue weighted by atomic mass is 32.2. The first-order valence-electron chi connectivity index (χ1n) is 17.4. The number of para-hydroxylation sites is 1. The first kappa shape index (κ1) is 34.0. The number of nitrogens with one attached hydrogen (secondary N) is 1. The van der Waals surface area contributed by atoms with Crippen molar-refractivity contribution in [3.8, 4) is 11.8 Å². The van der Waals surface area contributed by atoms with E-state index in [1.165, 1.54) is 30.3 Å². The lowest BCUT2D eigenvalue weighted by molar-refractivity contribution is -0.124. The van der Waals surface area contributed by atoms with Gasteiger partial charge in [-0.1, -0.05) is 35.9 Å². The number of piperidine rings is 1. The van der Waals surface area contributed by atoms with Crippen LogP contribution in [0.2, 0.25) is 0 Å². The Balaban J connectivity index is 1.21. The minimum absolute atomic E-state index is 0.00923. The average molecular weight is 697 g/mol. The number of carbonyl (C=O) groups excluding carboxylic acids is 2. The van der Waals surface area contributed by atoms with Gasteiger partial charge in [0.15, 0.2) is 5.54 Å². The molecule has 0 aromatic heterocycles. The van der Waals surface area contributed by atoms with E-state index >= 15 is 4.79 Å². The van der Waals surface area contributed by atoms with Crippen LogP contribution in [0.4, 0.5) is 10.5 Å². The number of urea groups is 1. The van der Waals surface area contributed by atoms with Crippen molar-refractivity contribution in [3.05, 3.63) is 89.0 Å². The maximum Gasteiger partial charge on any atom is 0.318 e. The number of amides is 3. The zero-order valence-electron chi connectivity index (χ0n) is 29.1. The van der Waals surface area contributed by atoms with Gasteiger partial charge in [-0.3, -0.25) is 9.69 Å². The van der Waals surface area contributed by atoms with Gasteiger partial charge in [-0.25, -0.2) is 13.2 Å². The van der Waals surface area contributed by atoms with Crippen LogP contribution in [-0.2, 0) is 20.4 Å². The summed E-state index contributed by atoms with van der Waals surface area (Å²) in [5.74, 6) is -0.550. The first-order valence-corrected chi connectivity index (χ1v) is 18.8. The Hall–Kier alpha value is -4.44. The third kappa shape index (κ3) is 5.52. The van der Waals surface area contributed by atoms with Crippen molar-refractivity contribution in [2.24, 2.45) is 5.41 Å². The molecule has 1 N–H and O–H groups in total. The zero-order valence-corrected chi connectivity index (χ0v) is 29.9. The second kappa shape index (κ2) is 12.7. The van der Waals surface area contributed by atoms with Crippen LogP contribution in [0.1, 0.15) is 55.9 Å². The van der Waals surface area contributed by atoms with E-state index in [-0.39, 0.29) is 39.3 Å². The van der Waals surface area contributed by atoms with Crippen molar-refractivity contribution in [3.63, 3.8) is 0 Å². The van der Waals surface area contributed by atoms with Gasteiger partial charge < -0.3 is 19.9 Å². The monoisotopic (exact) mass is 696 g/mol. The van der Waals surface area contributed by atoms with Gasteiger partial charge in [-0.2, -0.15) is 9.57 Å². The lowest BCUT2D eigenvalue weighted by Gasteiger charge is -2.62. The Morgan fingerprint density at radius 3 is 2.32 bits per heavy atom. The summed E-state index contributed by atoms with van der Waals surface area (Å²) in [4.78, 5) is 36.0. The number of anilines is 1. The molecule has 262 valence electrons. The topological polar surface area (TPSA) is 126 Å². The number of sulfonamides is 1. The van der Waals surface area contributed by atoms with E-state index in [2.05, 4.69) is 35.0 Å². The second-order valence-electron chi connectivity index (χ2n) is 14.5. The van der Waals surface area contributed by atoms with E-state index < -0.39 is 27.5 Å². The van der Waals surface area contributed by atoms with Gasteiger partial charge in [0.05, 0.1) is 28.8 Å². The molecule has 0 unspecified atom stereocenters. The Morgan fingerprint density at radius 2 is 1.68 bits per heavy atom. The molecule has 12 heteroatoms. The molecule has 3 saturated heterocycles. The number of hydrogen-bond acceptors (Lipinski definition) is 8. The van der Waals surface area contributed by atoms with Crippen LogP contribution in [0.25, 0.3) is 0 Å². The smallest absolute Gasteiger partial charge is 0.318 e. The highest BCUT2D eigenvalue weighted by Gasteiger charge is 2.60. The number of carbonyl (C=O) groups is 2. The molecular formula is C38H44N6O5S. The van der Waals surface area contributed by atoms with E-state index in [1.807, 2.05) is 13.8 Å². The number of nitriles is 1. The molecule has 50 heavy (non-hydrogen) atoms. The minimum atomic E-state index is -4.44. The Labute approximate surface area is 294 Å². The van der Waals surface area contributed by atoms with Crippen molar-refractivity contribution in [1.29, 1.82) is 5.26 Å². The molecule has 3 aromatic rings. The minimum Gasteiger partial charge on any atom is -0.493 e. The molecular weight excluding hydrogens is 653 g/mol. The van der Waals surface area contributed by atoms with E-state index in [1.54, 1.807) is 41.3 Å². The lowest BCUT2D eigenvalue weighted by Crippen LogP contribution is -2.76. The van der Waals surface area contributed by atoms with Crippen LogP contribution in [0.15, 0.2) is 71.6 Å². The zero-order chi connectivity index (χ0) is 35.4. The predicted octanol–water partition coefficient (Wildman–Crippen LogP) is 4.44. The molecule has 0 bridgehead atoms. The van der Waals surface area contributed by atoms with E-state index in [4.69, 9.17) is 4.74 Å². The number of ether oxygens (including phenoxy) is 1. The number of likely N-dealkylation sites (tertiary alicyclic amines) is 3. The summed E-state index contributed by atoms with van der Waals surface area (Å²) in [6.07, 6.45) is 2.29. The third-order valence-electron chi connectivity index (χ3n) is 10.9. The Kier molecular flexibility index (Phi) is 8.65. The van der Waals surface area contributed by atoms with E-state index in [0.717, 1.165) is 48.9 Å². The van der Waals surface area contributed by atoms with Crippen LogP contribution < -0.4 is 14.4 Å². The molecule has 4 aliphatic rings. The van der Waals surface area contributed by atoms with Crippen molar-refractivity contribution in [2.45, 2.75) is 63.1 Å². The number of benzene rings is 3. The Morgan fingerprint density at radius 1 is 1.00 bits per heavy atom. The summed E-state index contributed by atoms with van der Waals surface area (Å²) in [5.41, 5.74) is -0.362. The average Bonchev–Trinajstić information content (AvgIpc) is 3.31. The predicted molar refractivity (Wildman–Crippen MR) is 189 cm³/mol. The molecule has 1 spiro atoms. The van der Waals surface area contributed by atoms with Gasteiger partial charge in [0, 0.05) is 54.8 Å². The number of rotatable bonds is 8. The molecule has 4 heterocycles. The summed E-state index contributed by atoms with van der Waals surface area (Å²) in [7, 11) is -4.44. The fourth-order valence-corrected chi connectivity index (χ4v) is 9.67.